The van der Waals surface area contributed by atoms with Crippen molar-refractivity contribution in [1.82, 2.24) is 0 Å². The average Bonchev–Trinajstić information content (AvgIpc) is 2.45. The summed E-state index contributed by atoms with van der Waals surface area (Å²) in [6, 6.07) is 5.30. The van der Waals surface area contributed by atoms with Gasteiger partial charge in [-0.3, -0.25) is 0 Å². The van der Waals surface area contributed by atoms with Crippen LogP contribution in [0.5, 0.6) is 11.5 Å². The minimum atomic E-state index is -0.00841. The highest BCUT2D eigenvalue weighted by Crippen LogP contribution is 2.33. The van der Waals surface area contributed by atoms with Gasteiger partial charge in [-0.25, -0.2) is 0 Å². The summed E-state index contributed by atoms with van der Waals surface area (Å²) in [6.45, 7) is 8.05. The Morgan fingerprint density at radius 3 is 2.90 bits per heavy atom. The first-order valence-electron chi connectivity index (χ1n) is 7.15. The normalized spacial score (nSPS) is 21.4. The van der Waals surface area contributed by atoms with Crippen LogP contribution in [0.3, 0.4) is 0 Å². The summed E-state index contributed by atoms with van der Waals surface area (Å²) in [6.07, 6.45) is 10.2. The van der Waals surface area contributed by atoms with Crippen LogP contribution in [0, 0.1) is 5.92 Å². The molecule has 2 atom stereocenters. The number of rotatable bonds is 5. The summed E-state index contributed by atoms with van der Waals surface area (Å²) in [7, 11) is 0. The van der Waals surface area contributed by atoms with Crippen LogP contribution in [0.25, 0.3) is 6.08 Å². The summed E-state index contributed by atoms with van der Waals surface area (Å²) in [4.78, 5) is 0. The van der Waals surface area contributed by atoms with Crippen LogP contribution < -0.4 is 4.74 Å². The molecule has 0 aromatic heterocycles. The maximum atomic E-state index is 9.97. The molecule has 1 aliphatic carbocycles. The first-order valence-corrected chi connectivity index (χ1v) is 7.15. The molecule has 1 aromatic carbocycles. The highest BCUT2D eigenvalue weighted by atomic mass is 16.5. The van der Waals surface area contributed by atoms with Crippen molar-refractivity contribution in [3.63, 3.8) is 0 Å². The Labute approximate surface area is 121 Å². The number of benzene rings is 1. The van der Waals surface area contributed by atoms with E-state index in [1.165, 1.54) is 5.57 Å². The zero-order valence-corrected chi connectivity index (χ0v) is 12.2. The molecule has 2 unspecified atom stereocenters. The third-order valence-corrected chi connectivity index (χ3v) is 3.58. The van der Waals surface area contributed by atoms with Gasteiger partial charge in [0.1, 0.15) is 6.10 Å². The third kappa shape index (κ3) is 3.13. The Kier molecular flexibility index (Phi) is 4.67. The van der Waals surface area contributed by atoms with Crippen molar-refractivity contribution in [2.75, 3.05) is 0 Å². The SMILES string of the molecule is C=Cc1ccc(O)c(OC2C(CCC)=CC=CC2C)c1. The molecule has 20 heavy (non-hydrogen) atoms. The summed E-state index contributed by atoms with van der Waals surface area (Å²) in [5.74, 6) is 0.998. The van der Waals surface area contributed by atoms with Gasteiger partial charge in [-0.2, -0.15) is 0 Å². The van der Waals surface area contributed by atoms with Crippen molar-refractivity contribution in [2.45, 2.75) is 32.8 Å². The molecule has 0 amide bonds. The summed E-state index contributed by atoms with van der Waals surface area (Å²) >= 11 is 0. The van der Waals surface area contributed by atoms with Gasteiger partial charge in [0, 0.05) is 5.92 Å². The summed E-state index contributed by atoms with van der Waals surface area (Å²) in [5.41, 5.74) is 2.23. The molecule has 2 nitrogen and oxygen atoms in total. The van der Waals surface area contributed by atoms with Crippen molar-refractivity contribution in [1.29, 1.82) is 0 Å². The van der Waals surface area contributed by atoms with Crippen molar-refractivity contribution >= 4 is 6.08 Å². The maximum absolute atomic E-state index is 9.97. The smallest absolute Gasteiger partial charge is 0.162 e. The topological polar surface area (TPSA) is 29.5 Å². The zero-order chi connectivity index (χ0) is 14.5. The first kappa shape index (κ1) is 14.4. The van der Waals surface area contributed by atoms with Crippen LogP contribution in [0.1, 0.15) is 32.3 Å². The lowest BCUT2D eigenvalue weighted by Crippen LogP contribution is -2.28. The van der Waals surface area contributed by atoms with Crippen LogP contribution in [-0.2, 0) is 0 Å². The molecule has 2 rings (SSSR count). The Morgan fingerprint density at radius 2 is 2.20 bits per heavy atom. The molecule has 0 aliphatic heterocycles. The van der Waals surface area contributed by atoms with Crippen LogP contribution >= 0.6 is 0 Å². The standard InChI is InChI=1S/C18H22O2/c1-4-7-15-9-6-8-13(3)18(15)20-17-12-14(5-2)10-11-16(17)19/h5-6,8-13,18-19H,2,4,7H2,1,3H3. The van der Waals surface area contributed by atoms with Crippen molar-refractivity contribution < 1.29 is 9.84 Å². The second-order valence-corrected chi connectivity index (χ2v) is 5.21. The van der Waals surface area contributed by atoms with E-state index in [1.54, 1.807) is 12.1 Å². The van der Waals surface area contributed by atoms with Crippen LogP contribution in [0.2, 0.25) is 0 Å². The van der Waals surface area contributed by atoms with Gasteiger partial charge >= 0.3 is 0 Å². The fraction of sp³-hybridized carbons (Fsp3) is 0.333. The molecule has 1 aromatic rings. The zero-order valence-electron chi connectivity index (χ0n) is 12.2. The molecule has 0 saturated carbocycles. The Balaban J connectivity index is 2.25. The molecule has 0 spiro atoms. The van der Waals surface area contributed by atoms with Gasteiger partial charge in [0.05, 0.1) is 0 Å². The van der Waals surface area contributed by atoms with E-state index in [2.05, 4.69) is 38.7 Å². The lowest BCUT2D eigenvalue weighted by atomic mass is 9.89. The Morgan fingerprint density at radius 1 is 1.40 bits per heavy atom. The monoisotopic (exact) mass is 270 g/mol. The molecule has 1 N–H and O–H groups in total. The fourth-order valence-corrected chi connectivity index (χ4v) is 2.47. The van der Waals surface area contributed by atoms with Crippen LogP contribution in [-0.4, -0.2) is 11.2 Å². The fourth-order valence-electron chi connectivity index (χ4n) is 2.47. The van der Waals surface area contributed by atoms with E-state index < -0.39 is 0 Å². The predicted octanol–water partition coefficient (Wildman–Crippen LogP) is 4.72. The molecule has 0 fully saturated rings. The van der Waals surface area contributed by atoms with Gasteiger partial charge in [0.15, 0.2) is 11.5 Å². The molecule has 106 valence electrons. The largest absolute Gasteiger partial charge is 0.504 e. The summed E-state index contributed by atoms with van der Waals surface area (Å²) in [5, 5.41) is 9.97. The van der Waals surface area contributed by atoms with Gasteiger partial charge in [-0.1, -0.05) is 57.2 Å². The van der Waals surface area contributed by atoms with Gasteiger partial charge in [0.25, 0.3) is 0 Å². The summed E-state index contributed by atoms with van der Waals surface area (Å²) < 4.78 is 6.09. The van der Waals surface area contributed by atoms with E-state index in [0.29, 0.717) is 11.7 Å². The molecule has 0 heterocycles. The third-order valence-electron chi connectivity index (χ3n) is 3.58. The van der Waals surface area contributed by atoms with E-state index in [-0.39, 0.29) is 11.9 Å². The number of hydrogen-bond donors (Lipinski definition) is 1. The number of ether oxygens (including phenoxy) is 1. The van der Waals surface area contributed by atoms with E-state index in [4.69, 9.17) is 4.74 Å². The Bertz CT molecular complexity index is 540. The van der Waals surface area contributed by atoms with Crippen molar-refractivity contribution in [2.24, 2.45) is 5.92 Å². The second-order valence-electron chi connectivity index (χ2n) is 5.21. The van der Waals surface area contributed by atoms with E-state index in [9.17, 15) is 5.11 Å². The molecule has 1 aliphatic rings. The van der Waals surface area contributed by atoms with Gasteiger partial charge in [-0.05, 0) is 29.7 Å². The minimum absolute atomic E-state index is 0.00841. The predicted molar refractivity (Wildman–Crippen MR) is 83.9 cm³/mol. The lowest BCUT2D eigenvalue weighted by Gasteiger charge is -2.28. The van der Waals surface area contributed by atoms with Crippen molar-refractivity contribution in [3.8, 4) is 11.5 Å². The van der Waals surface area contributed by atoms with Crippen LogP contribution in [0.15, 0.2) is 48.6 Å². The van der Waals surface area contributed by atoms with Gasteiger partial charge < -0.3 is 9.84 Å². The quantitative estimate of drug-likeness (QED) is 0.839. The van der Waals surface area contributed by atoms with E-state index in [1.807, 2.05) is 12.1 Å². The van der Waals surface area contributed by atoms with Crippen molar-refractivity contribution in [3.05, 3.63) is 54.1 Å². The highest BCUT2D eigenvalue weighted by molar-refractivity contribution is 5.54. The molecule has 0 radical (unpaired) electrons. The number of hydrogen-bond acceptors (Lipinski definition) is 2. The second kappa shape index (κ2) is 6.47. The molecular weight excluding hydrogens is 248 g/mol. The van der Waals surface area contributed by atoms with Crippen LogP contribution in [0.4, 0.5) is 0 Å². The van der Waals surface area contributed by atoms with Gasteiger partial charge in [0.2, 0.25) is 0 Å². The van der Waals surface area contributed by atoms with E-state index in [0.717, 1.165) is 18.4 Å². The number of aromatic hydroxyl groups is 1. The number of allylic oxidation sites excluding steroid dienone is 2. The van der Waals surface area contributed by atoms with E-state index >= 15 is 0 Å². The van der Waals surface area contributed by atoms with Gasteiger partial charge in [-0.15, -0.1) is 0 Å². The molecular formula is C18H22O2. The first-order chi connectivity index (χ1) is 9.65. The average molecular weight is 270 g/mol. The minimum Gasteiger partial charge on any atom is -0.504 e. The Hall–Kier alpha value is -1.96. The number of phenols is 1. The number of phenolic OH excluding ortho intramolecular Hbond substituents is 1. The lowest BCUT2D eigenvalue weighted by molar-refractivity contribution is 0.186. The molecule has 0 bridgehead atoms. The highest BCUT2D eigenvalue weighted by Gasteiger charge is 2.24. The maximum Gasteiger partial charge on any atom is 0.162 e. The molecule has 2 heteroatoms. The molecule has 0 saturated heterocycles.